The van der Waals surface area contributed by atoms with Gasteiger partial charge in [-0.25, -0.2) is 5.43 Å². The summed E-state index contributed by atoms with van der Waals surface area (Å²) in [5, 5.41) is 15.9. The second-order valence-electron chi connectivity index (χ2n) is 5.09. The summed E-state index contributed by atoms with van der Waals surface area (Å²) in [6, 6.07) is 14.4. The van der Waals surface area contributed by atoms with Crippen LogP contribution in [0.1, 0.15) is 22.8 Å². The van der Waals surface area contributed by atoms with Gasteiger partial charge >= 0.3 is 0 Å². The number of carbonyl (C=O) groups excluding carboxylic acids is 1. The Morgan fingerprint density at radius 1 is 1.09 bits per heavy atom. The van der Waals surface area contributed by atoms with E-state index in [0.717, 1.165) is 16.3 Å². The highest BCUT2D eigenvalue weighted by Gasteiger charge is 2.12. The maximum Gasteiger partial charge on any atom is 0.275 e. The minimum Gasteiger partial charge on any atom is -0.507 e. The molecule has 3 rings (SSSR count). The Hall–Kier alpha value is -3.21. The van der Waals surface area contributed by atoms with Gasteiger partial charge in [-0.1, -0.05) is 24.3 Å². The summed E-state index contributed by atoms with van der Waals surface area (Å²) in [6.07, 6.45) is 3.32. The van der Waals surface area contributed by atoms with Gasteiger partial charge in [-0.15, -0.1) is 0 Å². The molecule has 23 heavy (non-hydrogen) atoms. The van der Waals surface area contributed by atoms with Gasteiger partial charge in [-0.2, -0.15) is 5.10 Å². The molecule has 2 aromatic carbocycles. The number of hydrazone groups is 1. The molecule has 0 fully saturated rings. The molecular weight excluding hydrogens is 290 g/mol. The molecule has 0 aliphatic carbocycles. The largest absolute Gasteiger partial charge is 0.507 e. The standard InChI is InChI=1S/C18H15N3O2/c1-12(13-6-8-19-9-7-13)20-21-18(23)16-10-14-4-2-3-5-15(14)11-17(16)22/h2-11,22H,1H3,(H,21,23). The lowest BCUT2D eigenvalue weighted by atomic mass is 10.1. The average molecular weight is 305 g/mol. The molecule has 0 saturated carbocycles. The number of nitrogens with zero attached hydrogens (tertiary/aromatic N) is 2. The fraction of sp³-hybridized carbons (Fsp3) is 0.0556. The van der Waals surface area contributed by atoms with Gasteiger partial charge in [0.25, 0.3) is 5.91 Å². The van der Waals surface area contributed by atoms with Gasteiger partial charge in [0.15, 0.2) is 0 Å². The third-order valence-corrected chi connectivity index (χ3v) is 3.53. The van der Waals surface area contributed by atoms with Crippen molar-refractivity contribution < 1.29 is 9.90 Å². The highest BCUT2D eigenvalue weighted by molar-refractivity contribution is 6.03. The van der Waals surface area contributed by atoms with E-state index in [1.54, 1.807) is 43.6 Å². The quantitative estimate of drug-likeness (QED) is 0.577. The summed E-state index contributed by atoms with van der Waals surface area (Å²) >= 11 is 0. The number of carbonyl (C=O) groups is 1. The van der Waals surface area contributed by atoms with E-state index >= 15 is 0 Å². The number of amides is 1. The van der Waals surface area contributed by atoms with Crippen LogP contribution in [0.25, 0.3) is 10.8 Å². The van der Waals surface area contributed by atoms with Crippen LogP contribution in [0.2, 0.25) is 0 Å². The molecule has 2 N–H and O–H groups in total. The number of phenolic OH excluding ortho intramolecular Hbond substituents is 1. The zero-order chi connectivity index (χ0) is 16.2. The summed E-state index contributed by atoms with van der Waals surface area (Å²) in [5.74, 6) is -0.528. The second-order valence-corrected chi connectivity index (χ2v) is 5.09. The van der Waals surface area contributed by atoms with Crippen molar-refractivity contribution in [1.29, 1.82) is 0 Å². The Bertz CT molecular complexity index is 889. The van der Waals surface area contributed by atoms with Crippen LogP contribution in [-0.2, 0) is 0 Å². The summed E-state index contributed by atoms with van der Waals surface area (Å²) in [5.41, 5.74) is 4.18. The summed E-state index contributed by atoms with van der Waals surface area (Å²) < 4.78 is 0. The second kappa shape index (κ2) is 6.27. The Kier molecular flexibility index (Phi) is 4.01. The number of fused-ring (bicyclic) bond motifs is 1. The number of aromatic hydroxyl groups is 1. The van der Waals surface area contributed by atoms with Crippen LogP contribution >= 0.6 is 0 Å². The Morgan fingerprint density at radius 3 is 2.43 bits per heavy atom. The van der Waals surface area contributed by atoms with Crippen LogP contribution in [-0.4, -0.2) is 21.7 Å². The number of aromatic nitrogens is 1. The lowest BCUT2D eigenvalue weighted by Crippen LogP contribution is -2.19. The lowest BCUT2D eigenvalue weighted by molar-refractivity contribution is 0.0952. The zero-order valence-electron chi connectivity index (χ0n) is 12.5. The van der Waals surface area contributed by atoms with E-state index < -0.39 is 5.91 Å². The van der Waals surface area contributed by atoms with Gasteiger partial charge in [0, 0.05) is 18.0 Å². The number of hydrogen-bond acceptors (Lipinski definition) is 4. The number of hydrogen-bond donors (Lipinski definition) is 2. The maximum absolute atomic E-state index is 12.3. The molecule has 0 aliphatic rings. The average Bonchev–Trinajstić information content (AvgIpc) is 2.59. The third kappa shape index (κ3) is 3.18. The van der Waals surface area contributed by atoms with Crippen LogP contribution in [0.3, 0.4) is 0 Å². The van der Waals surface area contributed by atoms with Crippen LogP contribution < -0.4 is 5.43 Å². The first-order valence-electron chi connectivity index (χ1n) is 7.12. The molecule has 0 atom stereocenters. The minimum atomic E-state index is -0.457. The van der Waals surface area contributed by atoms with Crippen molar-refractivity contribution in [2.75, 3.05) is 0 Å². The van der Waals surface area contributed by atoms with Crippen LogP contribution in [0.4, 0.5) is 0 Å². The maximum atomic E-state index is 12.3. The summed E-state index contributed by atoms with van der Waals surface area (Å²) in [6.45, 7) is 1.79. The van der Waals surface area contributed by atoms with Crippen molar-refractivity contribution in [2.45, 2.75) is 6.92 Å². The molecule has 1 heterocycles. The molecule has 5 nitrogen and oxygen atoms in total. The monoisotopic (exact) mass is 305 g/mol. The molecule has 0 saturated heterocycles. The first-order valence-corrected chi connectivity index (χ1v) is 7.12. The fourth-order valence-electron chi connectivity index (χ4n) is 2.26. The number of nitrogens with one attached hydrogen (secondary N) is 1. The molecule has 114 valence electrons. The van der Waals surface area contributed by atoms with Crippen molar-refractivity contribution in [3.05, 3.63) is 72.1 Å². The van der Waals surface area contributed by atoms with E-state index in [1.165, 1.54) is 0 Å². The van der Waals surface area contributed by atoms with Crippen molar-refractivity contribution in [3.63, 3.8) is 0 Å². The van der Waals surface area contributed by atoms with E-state index in [1.807, 2.05) is 24.3 Å². The molecule has 1 amide bonds. The normalized spacial score (nSPS) is 11.4. The third-order valence-electron chi connectivity index (χ3n) is 3.53. The van der Waals surface area contributed by atoms with E-state index in [4.69, 9.17) is 0 Å². The Morgan fingerprint density at radius 2 is 1.74 bits per heavy atom. The lowest BCUT2D eigenvalue weighted by Gasteiger charge is -2.06. The van der Waals surface area contributed by atoms with Crippen LogP contribution in [0, 0.1) is 0 Å². The van der Waals surface area contributed by atoms with E-state index in [9.17, 15) is 9.90 Å². The fourth-order valence-corrected chi connectivity index (χ4v) is 2.26. The number of phenols is 1. The number of rotatable bonds is 3. The van der Waals surface area contributed by atoms with Crippen molar-refractivity contribution in [2.24, 2.45) is 5.10 Å². The highest BCUT2D eigenvalue weighted by Crippen LogP contribution is 2.24. The molecular formula is C18H15N3O2. The molecule has 5 heteroatoms. The van der Waals surface area contributed by atoms with E-state index in [2.05, 4.69) is 15.5 Å². The predicted octanol–water partition coefficient (Wildman–Crippen LogP) is 3.09. The first-order chi connectivity index (χ1) is 11.1. The summed E-state index contributed by atoms with van der Waals surface area (Å²) in [4.78, 5) is 16.2. The van der Waals surface area contributed by atoms with Crippen LogP contribution in [0.15, 0.2) is 66.0 Å². The zero-order valence-corrected chi connectivity index (χ0v) is 12.5. The molecule has 3 aromatic rings. The summed E-state index contributed by atoms with van der Waals surface area (Å²) in [7, 11) is 0. The Balaban J connectivity index is 1.85. The van der Waals surface area contributed by atoms with Gasteiger partial charge in [-0.3, -0.25) is 9.78 Å². The molecule has 0 bridgehead atoms. The van der Waals surface area contributed by atoms with Gasteiger partial charge < -0.3 is 5.11 Å². The highest BCUT2D eigenvalue weighted by atomic mass is 16.3. The van der Waals surface area contributed by atoms with Crippen LogP contribution in [0.5, 0.6) is 5.75 Å². The Labute approximate surface area is 133 Å². The van der Waals surface area contributed by atoms with E-state index in [0.29, 0.717) is 5.71 Å². The predicted molar refractivity (Wildman–Crippen MR) is 89.5 cm³/mol. The topological polar surface area (TPSA) is 74.6 Å². The van der Waals surface area contributed by atoms with Crippen molar-refractivity contribution in [1.82, 2.24) is 10.4 Å². The van der Waals surface area contributed by atoms with Gasteiger partial charge in [0.2, 0.25) is 0 Å². The van der Waals surface area contributed by atoms with E-state index in [-0.39, 0.29) is 11.3 Å². The molecule has 0 radical (unpaired) electrons. The first kappa shape index (κ1) is 14.7. The molecule has 0 spiro atoms. The SMILES string of the molecule is CC(=NNC(=O)c1cc2ccccc2cc1O)c1ccncc1. The minimum absolute atomic E-state index is 0.0713. The van der Waals surface area contributed by atoms with Crippen molar-refractivity contribution in [3.8, 4) is 5.75 Å². The molecule has 0 aliphatic heterocycles. The van der Waals surface area contributed by atoms with Gasteiger partial charge in [0.1, 0.15) is 5.75 Å². The smallest absolute Gasteiger partial charge is 0.275 e. The van der Waals surface area contributed by atoms with Gasteiger partial charge in [-0.05, 0) is 42.0 Å². The molecule has 1 aromatic heterocycles. The number of benzene rings is 2. The number of pyridine rings is 1. The molecule has 0 unspecified atom stereocenters. The van der Waals surface area contributed by atoms with Gasteiger partial charge in [0.05, 0.1) is 11.3 Å². The van der Waals surface area contributed by atoms with Crippen molar-refractivity contribution >= 4 is 22.4 Å².